The van der Waals surface area contributed by atoms with Gasteiger partial charge in [0.1, 0.15) is 17.2 Å². The van der Waals surface area contributed by atoms with Crippen LogP contribution in [0.25, 0.3) is 26.1 Å². The summed E-state index contributed by atoms with van der Waals surface area (Å²) in [6.07, 6.45) is 0. The van der Waals surface area contributed by atoms with E-state index in [4.69, 9.17) is 14.2 Å². The molecule has 0 unspecified atom stereocenters. The van der Waals surface area contributed by atoms with Crippen LogP contribution in [0.1, 0.15) is 15.9 Å². The highest BCUT2D eigenvalue weighted by atomic mass is 32.1. The van der Waals surface area contributed by atoms with Crippen molar-refractivity contribution in [3.8, 4) is 27.7 Å². The third-order valence-electron chi connectivity index (χ3n) is 5.17. The summed E-state index contributed by atoms with van der Waals surface area (Å²) in [5.41, 5.74) is 2.40. The van der Waals surface area contributed by atoms with Crippen LogP contribution >= 0.6 is 11.3 Å². The fourth-order valence-corrected chi connectivity index (χ4v) is 4.55. The Morgan fingerprint density at radius 3 is 2.19 bits per heavy atom. The molecule has 0 bridgehead atoms. The maximum Gasteiger partial charge on any atom is 0.196 e. The first-order valence-electron chi connectivity index (χ1n) is 9.68. The molecule has 0 atom stereocenters. The molecule has 0 aliphatic rings. The molecule has 156 valence electrons. The number of carbonyl (C=O) groups is 1. The lowest BCUT2D eigenvalue weighted by atomic mass is 9.95. The highest BCUT2D eigenvalue weighted by molar-refractivity contribution is 7.22. The van der Waals surface area contributed by atoms with Gasteiger partial charge in [-0.15, -0.1) is 11.3 Å². The Kier molecular flexibility index (Phi) is 5.78. The van der Waals surface area contributed by atoms with Crippen molar-refractivity contribution in [2.45, 2.75) is 0 Å². The molecule has 0 aliphatic carbocycles. The number of thiophene rings is 1. The highest BCUT2D eigenvalue weighted by Gasteiger charge is 2.21. The van der Waals surface area contributed by atoms with Crippen LogP contribution in [-0.4, -0.2) is 27.1 Å². The molecule has 5 heteroatoms. The van der Waals surface area contributed by atoms with Gasteiger partial charge in [-0.3, -0.25) is 4.79 Å². The Bertz CT molecular complexity index is 1240. The number of fused-ring (bicyclic) bond motifs is 1. The molecular weight excluding hydrogens is 408 g/mol. The van der Waals surface area contributed by atoms with Crippen molar-refractivity contribution in [2.75, 3.05) is 21.3 Å². The SMILES string of the molecule is C=C(C(=O)c1cc(-c2cc3ccccc3s2)c(OC)cc1OC)c1ccc(OC)cc1. The molecule has 0 fully saturated rings. The molecule has 0 aliphatic heterocycles. The average molecular weight is 431 g/mol. The Morgan fingerprint density at radius 2 is 1.55 bits per heavy atom. The number of ketones is 1. The molecule has 31 heavy (non-hydrogen) atoms. The van der Waals surface area contributed by atoms with E-state index in [-0.39, 0.29) is 5.78 Å². The van der Waals surface area contributed by atoms with E-state index in [0.717, 1.165) is 27.1 Å². The minimum atomic E-state index is -0.202. The lowest BCUT2D eigenvalue weighted by molar-refractivity contribution is 0.105. The Hall–Kier alpha value is -3.57. The summed E-state index contributed by atoms with van der Waals surface area (Å²) >= 11 is 1.65. The third-order valence-corrected chi connectivity index (χ3v) is 6.32. The number of rotatable bonds is 7. The van der Waals surface area contributed by atoms with Crippen molar-refractivity contribution >= 4 is 32.8 Å². The average Bonchev–Trinajstić information content (AvgIpc) is 3.26. The summed E-state index contributed by atoms with van der Waals surface area (Å²) in [6, 6.07) is 21.1. The van der Waals surface area contributed by atoms with Gasteiger partial charge in [0.25, 0.3) is 0 Å². The van der Waals surface area contributed by atoms with E-state index in [0.29, 0.717) is 22.6 Å². The van der Waals surface area contributed by atoms with Crippen LogP contribution in [0.15, 0.2) is 73.3 Å². The second-order valence-electron chi connectivity index (χ2n) is 6.94. The lowest BCUT2D eigenvalue weighted by Crippen LogP contribution is -2.05. The summed E-state index contributed by atoms with van der Waals surface area (Å²) in [5, 5.41) is 1.15. The molecule has 0 amide bonds. The smallest absolute Gasteiger partial charge is 0.196 e. The Morgan fingerprint density at radius 1 is 0.839 bits per heavy atom. The molecule has 0 spiro atoms. The van der Waals surface area contributed by atoms with Gasteiger partial charge in [0.2, 0.25) is 0 Å². The minimum absolute atomic E-state index is 0.202. The van der Waals surface area contributed by atoms with Gasteiger partial charge in [0.05, 0.1) is 26.9 Å². The molecule has 0 saturated carbocycles. The van der Waals surface area contributed by atoms with Crippen molar-refractivity contribution in [1.29, 1.82) is 0 Å². The lowest BCUT2D eigenvalue weighted by Gasteiger charge is -2.15. The van der Waals surface area contributed by atoms with Crippen LogP contribution in [0.3, 0.4) is 0 Å². The molecule has 4 rings (SSSR count). The number of carbonyl (C=O) groups excluding carboxylic acids is 1. The van der Waals surface area contributed by atoms with Crippen LogP contribution in [-0.2, 0) is 0 Å². The topological polar surface area (TPSA) is 44.8 Å². The van der Waals surface area contributed by atoms with E-state index in [9.17, 15) is 4.79 Å². The summed E-state index contributed by atoms with van der Waals surface area (Å²) in [4.78, 5) is 14.4. The van der Waals surface area contributed by atoms with E-state index in [1.807, 2.05) is 42.5 Å². The van der Waals surface area contributed by atoms with Crippen LogP contribution in [0.4, 0.5) is 0 Å². The summed E-state index contributed by atoms with van der Waals surface area (Å²) in [7, 11) is 4.76. The van der Waals surface area contributed by atoms with Crippen molar-refractivity contribution in [1.82, 2.24) is 0 Å². The predicted octanol–water partition coefficient (Wildman–Crippen LogP) is 6.49. The summed E-state index contributed by atoms with van der Waals surface area (Å²) in [5.74, 6) is 1.61. The first-order chi connectivity index (χ1) is 15.0. The number of benzene rings is 3. The number of ether oxygens (including phenoxy) is 3. The van der Waals surface area contributed by atoms with Gasteiger partial charge in [0, 0.05) is 26.8 Å². The molecule has 4 aromatic rings. The Balaban J connectivity index is 1.80. The molecule has 0 N–H and O–H groups in total. The van der Waals surface area contributed by atoms with Gasteiger partial charge < -0.3 is 14.2 Å². The fourth-order valence-electron chi connectivity index (χ4n) is 3.47. The zero-order valence-corrected chi connectivity index (χ0v) is 18.4. The van der Waals surface area contributed by atoms with E-state index in [1.54, 1.807) is 38.7 Å². The van der Waals surface area contributed by atoms with E-state index in [2.05, 4.69) is 24.8 Å². The second kappa shape index (κ2) is 8.66. The van der Waals surface area contributed by atoms with Crippen molar-refractivity contribution in [3.63, 3.8) is 0 Å². The normalized spacial score (nSPS) is 10.7. The van der Waals surface area contributed by atoms with Gasteiger partial charge in [0.15, 0.2) is 5.78 Å². The van der Waals surface area contributed by atoms with E-state index >= 15 is 0 Å². The van der Waals surface area contributed by atoms with Crippen LogP contribution in [0, 0.1) is 0 Å². The number of hydrogen-bond acceptors (Lipinski definition) is 5. The minimum Gasteiger partial charge on any atom is -0.497 e. The molecular formula is C26H22O4S. The summed E-state index contributed by atoms with van der Waals surface area (Å²) < 4.78 is 17.5. The quantitative estimate of drug-likeness (QED) is 0.248. The van der Waals surface area contributed by atoms with Crippen LogP contribution in [0.5, 0.6) is 17.2 Å². The van der Waals surface area contributed by atoms with Gasteiger partial charge >= 0.3 is 0 Å². The first kappa shape index (κ1) is 20.7. The van der Waals surface area contributed by atoms with Gasteiger partial charge in [-0.25, -0.2) is 0 Å². The van der Waals surface area contributed by atoms with Crippen LogP contribution < -0.4 is 14.2 Å². The zero-order valence-electron chi connectivity index (χ0n) is 17.6. The number of methoxy groups -OCH3 is 3. The van der Waals surface area contributed by atoms with E-state index < -0.39 is 0 Å². The van der Waals surface area contributed by atoms with Crippen molar-refractivity contribution in [2.24, 2.45) is 0 Å². The largest absolute Gasteiger partial charge is 0.497 e. The standard InChI is InChI=1S/C26H22O4S/c1-16(17-9-11-19(28-2)12-10-17)26(27)21-14-20(22(29-3)15-23(21)30-4)25-13-18-7-5-6-8-24(18)31-25/h5-15H,1H2,2-4H3. The van der Waals surface area contributed by atoms with Gasteiger partial charge in [-0.2, -0.15) is 0 Å². The van der Waals surface area contributed by atoms with Crippen molar-refractivity contribution < 1.29 is 19.0 Å². The maximum absolute atomic E-state index is 13.4. The number of Topliss-reactive ketones (excluding diaryl/α,β-unsaturated/α-hetero) is 1. The second-order valence-corrected chi connectivity index (χ2v) is 8.02. The number of hydrogen-bond donors (Lipinski definition) is 0. The van der Waals surface area contributed by atoms with Crippen LogP contribution in [0.2, 0.25) is 0 Å². The Labute approximate surface area is 185 Å². The maximum atomic E-state index is 13.4. The fraction of sp³-hybridized carbons (Fsp3) is 0.115. The molecule has 1 aromatic heterocycles. The molecule has 3 aromatic carbocycles. The highest BCUT2D eigenvalue weighted by Crippen LogP contribution is 2.42. The van der Waals surface area contributed by atoms with Gasteiger partial charge in [-0.1, -0.05) is 36.9 Å². The zero-order chi connectivity index (χ0) is 22.0. The number of allylic oxidation sites excluding steroid dienone is 1. The summed E-state index contributed by atoms with van der Waals surface area (Å²) in [6.45, 7) is 4.04. The molecule has 1 heterocycles. The predicted molar refractivity (Wildman–Crippen MR) is 127 cm³/mol. The molecule has 0 radical (unpaired) electrons. The molecule has 4 nitrogen and oxygen atoms in total. The van der Waals surface area contributed by atoms with E-state index in [1.165, 1.54) is 4.70 Å². The van der Waals surface area contributed by atoms with Crippen molar-refractivity contribution in [3.05, 3.63) is 84.4 Å². The van der Waals surface area contributed by atoms with Gasteiger partial charge in [-0.05, 0) is 41.3 Å². The monoisotopic (exact) mass is 430 g/mol. The third kappa shape index (κ3) is 3.92. The first-order valence-corrected chi connectivity index (χ1v) is 10.5. The molecule has 0 saturated heterocycles.